The summed E-state index contributed by atoms with van der Waals surface area (Å²) in [4.78, 5) is 4.88. The van der Waals surface area contributed by atoms with E-state index in [2.05, 4.69) is 44.8 Å². The Labute approximate surface area is 125 Å². The van der Waals surface area contributed by atoms with Crippen LogP contribution in [0.3, 0.4) is 0 Å². The summed E-state index contributed by atoms with van der Waals surface area (Å²) >= 11 is 0. The van der Waals surface area contributed by atoms with E-state index in [1.165, 1.54) is 32.1 Å². The molecular formula is C17H34N2O. The second-order valence-electron chi connectivity index (χ2n) is 8.25. The molecule has 2 aliphatic carbocycles. The van der Waals surface area contributed by atoms with Crippen molar-refractivity contribution in [2.45, 2.75) is 64.0 Å². The number of aliphatic hydroxyl groups is 1. The minimum absolute atomic E-state index is 0.0967. The van der Waals surface area contributed by atoms with E-state index in [9.17, 15) is 5.11 Å². The van der Waals surface area contributed by atoms with Gasteiger partial charge in [0.2, 0.25) is 0 Å². The Bertz CT molecular complexity index is 323. The molecule has 2 fully saturated rings. The van der Waals surface area contributed by atoms with Crippen LogP contribution in [0, 0.1) is 11.3 Å². The Morgan fingerprint density at radius 3 is 2.20 bits per heavy atom. The molecule has 2 atom stereocenters. The highest BCUT2D eigenvalue weighted by atomic mass is 16.3. The number of hydrogen-bond donors (Lipinski definition) is 1. The van der Waals surface area contributed by atoms with Gasteiger partial charge in [-0.3, -0.25) is 0 Å². The average Bonchev–Trinajstić information content (AvgIpc) is 2.29. The van der Waals surface area contributed by atoms with Crippen LogP contribution >= 0.6 is 0 Å². The summed E-state index contributed by atoms with van der Waals surface area (Å²) in [5.74, 6) is 0.447. The number of aliphatic hydroxyl groups excluding tert-OH is 1. The van der Waals surface area contributed by atoms with Gasteiger partial charge in [-0.1, -0.05) is 20.3 Å². The van der Waals surface area contributed by atoms with E-state index >= 15 is 0 Å². The van der Waals surface area contributed by atoms with Gasteiger partial charge in [0, 0.05) is 18.6 Å². The van der Waals surface area contributed by atoms with Gasteiger partial charge in [0.05, 0.1) is 6.10 Å². The van der Waals surface area contributed by atoms with E-state index < -0.39 is 0 Å². The predicted molar refractivity (Wildman–Crippen MR) is 84.9 cm³/mol. The minimum Gasteiger partial charge on any atom is -0.392 e. The Morgan fingerprint density at radius 2 is 1.70 bits per heavy atom. The van der Waals surface area contributed by atoms with Crippen molar-refractivity contribution in [2.75, 3.05) is 34.2 Å². The van der Waals surface area contributed by atoms with Crippen LogP contribution in [0.5, 0.6) is 0 Å². The molecule has 2 rings (SSSR count). The first-order valence-electron chi connectivity index (χ1n) is 8.31. The molecule has 0 amide bonds. The van der Waals surface area contributed by atoms with Gasteiger partial charge in [-0.15, -0.1) is 0 Å². The summed E-state index contributed by atoms with van der Waals surface area (Å²) in [6, 6.07) is 0. The Hall–Kier alpha value is -0.120. The van der Waals surface area contributed by atoms with Crippen molar-refractivity contribution >= 4 is 0 Å². The molecule has 0 aromatic rings. The molecule has 2 aliphatic rings. The standard InChI is InChI=1S/C17H34N2O/c1-16(2)9-6-8-14(15(16)20)12-19(5)13-17(18(3)4)10-7-11-17/h14-15,20H,6-13H2,1-5H3. The van der Waals surface area contributed by atoms with Crippen molar-refractivity contribution in [2.24, 2.45) is 11.3 Å². The molecule has 0 aromatic heterocycles. The van der Waals surface area contributed by atoms with E-state index in [0.29, 0.717) is 11.5 Å². The molecule has 0 spiro atoms. The lowest BCUT2D eigenvalue weighted by Gasteiger charge is -2.50. The molecule has 2 unspecified atom stereocenters. The van der Waals surface area contributed by atoms with Gasteiger partial charge in [-0.2, -0.15) is 0 Å². The summed E-state index contributed by atoms with van der Waals surface area (Å²) in [5, 5.41) is 10.6. The van der Waals surface area contributed by atoms with Gasteiger partial charge >= 0.3 is 0 Å². The number of likely N-dealkylation sites (N-methyl/N-ethyl adjacent to an activating group) is 2. The van der Waals surface area contributed by atoms with Gasteiger partial charge < -0.3 is 14.9 Å². The first kappa shape index (κ1) is 16.3. The highest BCUT2D eigenvalue weighted by Gasteiger charge is 2.42. The van der Waals surface area contributed by atoms with Crippen molar-refractivity contribution in [3.63, 3.8) is 0 Å². The zero-order chi connectivity index (χ0) is 15.0. The second kappa shape index (κ2) is 5.94. The molecule has 3 heteroatoms. The Balaban J connectivity index is 1.89. The molecule has 0 aromatic carbocycles. The fourth-order valence-corrected chi connectivity index (χ4v) is 4.25. The van der Waals surface area contributed by atoms with Gasteiger partial charge in [0.25, 0.3) is 0 Å². The lowest BCUT2D eigenvalue weighted by Crippen LogP contribution is -2.57. The molecule has 0 radical (unpaired) electrons. The maximum atomic E-state index is 10.6. The van der Waals surface area contributed by atoms with E-state index in [0.717, 1.165) is 19.5 Å². The smallest absolute Gasteiger partial charge is 0.0631 e. The van der Waals surface area contributed by atoms with Crippen LogP contribution in [0.1, 0.15) is 52.4 Å². The molecule has 0 aliphatic heterocycles. The summed E-state index contributed by atoms with van der Waals surface area (Å²) in [6.45, 7) is 6.62. The summed E-state index contributed by atoms with van der Waals surface area (Å²) in [7, 11) is 6.66. The number of rotatable bonds is 5. The van der Waals surface area contributed by atoms with Crippen LogP contribution < -0.4 is 0 Å². The van der Waals surface area contributed by atoms with E-state index in [1.54, 1.807) is 0 Å². The molecule has 118 valence electrons. The van der Waals surface area contributed by atoms with Crippen molar-refractivity contribution in [1.29, 1.82) is 0 Å². The van der Waals surface area contributed by atoms with Crippen molar-refractivity contribution < 1.29 is 5.11 Å². The monoisotopic (exact) mass is 282 g/mol. The van der Waals surface area contributed by atoms with Crippen LogP contribution in [0.4, 0.5) is 0 Å². The lowest BCUT2D eigenvalue weighted by molar-refractivity contribution is -0.0489. The van der Waals surface area contributed by atoms with Crippen molar-refractivity contribution in [3.05, 3.63) is 0 Å². The van der Waals surface area contributed by atoms with Gasteiger partial charge in [0.1, 0.15) is 0 Å². The molecule has 2 saturated carbocycles. The highest BCUT2D eigenvalue weighted by Crippen LogP contribution is 2.40. The third-order valence-electron chi connectivity index (χ3n) is 5.99. The maximum Gasteiger partial charge on any atom is 0.0631 e. The average molecular weight is 282 g/mol. The molecule has 20 heavy (non-hydrogen) atoms. The van der Waals surface area contributed by atoms with Crippen LogP contribution in [0.25, 0.3) is 0 Å². The fraction of sp³-hybridized carbons (Fsp3) is 1.00. The van der Waals surface area contributed by atoms with Crippen LogP contribution in [0.15, 0.2) is 0 Å². The molecular weight excluding hydrogens is 248 g/mol. The molecule has 0 heterocycles. The first-order valence-corrected chi connectivity index (χ1v) is 8.31. The molecule has 0 bridgehead atoms. The molecule has 1 N–H and O–H groups in total. The van der Waals surface area contributed by atoms with Gasteiger partial charge in [-0.05, 0) is 64.6 Å². The lowest BCUT2D eigenvalue weighted by atomic mass is 9.69. The fourth-order valence-electron chi connectivity index (χ4n) is 4.25. The van der Waals surface area contributed by atoms with E-state index in [1.807, 2.05) is 0 Å². The predicted octanol–water partition coefficient (Wildman–Crippen LogP) is 2.59. The Morgan fingerprint density at radius 1 is 1.05 bits per heavy atom. The minimum atomic E-state index is -0.143. The number of hydrogen-bond acceptors (Lipinski definition) is 3. The van der Waals surface area contributed by atoms with E-state index in [-0.39, 0.29) is 11.5 Å². The summed E-state index contributed by atoms with van der Waals surface area (Å²) in [6.07, 6.45) is 7.48. The second-order valence-corrected chi connectivity index (χ2v) is 8.25. The van der Waals surface area contributed by atoms with Crippen molar-refractivity contribution in [1.82, 2.24) is 9.80 Å². The quantitative estimate of drug-likeness (QED) is 0.839. The van der Waals surface area contributed by atoms with Crippen LogP contribution in [0.2, 0.25) is 0 Å². The highest BCUT2D eigenvalue weighted by molar-refractivity contribution is 4.98. The molecule has 0 saturated heterocycles. The summed E-state index contributed by atoms with van der Waals surface area (Å²) < 4.78 is 0. The van der Waals surface area contributed by atoms with Crippen LogP contribution in [-0.2, 0) is 0 Å². The van der Waals surface area contributed by atoms with Crippen LogP contribution in [-0.4, -0.2) is 60.8 Å². The zero-order valence-electron chi connectivity index (χ0n) is 14.2. The number of nitrogens with zero attached hydrogens (tertiary/aromatic N) is 2. The SMILES string of the molecule is CN(CC1CCCC(C)(C)C1O)CC1(N(C)C)CCC1. The summed E-state index contributed by atoms with van der Waals surface area (Å²) in [5.41, 5.74) is 0.489. The van der Waals surface area contributed by atoms with Gasteiger partial charge in [0.15, 0.2) is 0 Å². The van der Waals surface area contributed by atoms with Crippen molar-refractivity contribution in [3.8, 4) is 0 Å². The molecule has 3 nitrogen and oxygen atoms in total. The third kappa shape index (κ3) is 3.20. The topological polar surface area (TPSA) is 26.7 Å². The van der Waals surface area contributed by atoms with Gasteiger partial charge in [-0.25, -0.2) is 0 Å². The maximum absolute atomic E-state index is 10.6. The third-order valence-corrected chi connectivity index (χ3v) is 5.99. The van der Waals surface area contributed by atoms with E-state index in [4.69, 9.17) is 0 Å². The Kier molecular flexibility index (Phi) is 4.83. The first-order chi connectivity index (χ1) is 9.27. The largest absolute Gasteiger partial charge is 0.392 e. The normalized spacial score (nSPS) is 32.4. The zero-order valence-corrected chi connectivity index (χ0v) is 14.2.